The molecule has 6 heterocycles. The number of piperazine rings is 1. The van der Waals surface area contributed by atoms with Crippen LogP contribution in [0.4, 0.5) is 5.69 Å². The van der Waals surface area contributed by atoms with Crippen molar-refractivity contribution in [2.75, 3.05) is 50.7 Å². The van der Waals surface area contributed by atoms with Crippen molar-refractivity contribution in [3.63, 3.8) is 0 Å². The van der Waals surface area contributed by atoms with Crippen LogP contribution >= 0.6 is 0 Å². The Bertz CT molecular complexity index is 2130. The summed E-state index contributed by atoms with van der Waals surface area (Å²) < 4.78 is 3.55. The second-order valence-corrected chi connectivity index (χ2v) is 18.3. The first kappa shape index (κ1) is 37.7. The molecule has 3 aromatic heterocycles. The first-order valence-electron chi connectivity index (χ1n) is 20.0. The number of Topliss-reactive ketones (excluding diaryl/α,β-unsaturated/α-hetero) is 1. The van der Waals surface area contributed by atoms with Crippen LogP contribution in [0.15, 0.2) is 53.6 Å². The van der Waals surface area contributed by atoms with E-state index in [0.29, 0.717) is 30.1 Å². The topological polar surface area (TPSA) is 134 Å². The van der Waals surface area contributed by atoms with Crippen molar-refractivity contribution >= 4 is 59.2 Å². The van der Waals surface area contributed by atoms with E-state index in [0.717, 1.165) is 104 Å². The SMILES string of the molecule is CC(=O)c1c(C)c2cnc([AsH]c3ccc(CCN4CCC(N5CCN(c6cccc(C7CCC(=O)NC7=O)c6)CC5)CC4)cn3)nc2n(C2CCCC2)c1=O. The Kier molecular flexibility index (Phi) is 11.3. The van der Waals surface area contributed by atoms with Crippen LogP contribution < -0.4 is 24.9 Å². The van der Waals surface area contributed by atoms with Crippen molar-refractivity contribution in [3.05, 3.63) is 81.4 Å². The van der Waals surface area contributed by atoms with E-state index in [1.807, 2.05) is 25.3 Å². The Hall–Kier alpha value is -4.25. The number of hydrogen-bond acceptors (Lipinski definition) is 10. The molecule has 0 bridgehead atoms. The number of fused-ring (bicyclic) bond motifs is 1. The van der Waals surface area contributed by atoms with Crippen molar-refractivity contribution in [1.82, 2.24) is 34.6 Å². The summed E-state index contributed by atoms with van der Waals surface area (Å²) in [6.45, 7) is 10.6. The van der Waals surface area contributed by atoms with Gasteiger partial charge < -0.3 is 4.90 Å². The number of nitrogens with zero attached hydrogens (tertiary/aromatic N) is 7. The number of likely N-dealkylation sites (tertiary alicyclic amines) is 1. The molecule has 0 spiro atoms. The number of hydrogen-bond donors (Lipinski definition) is 1. The fourth-order valence-electron chi connectivity index (χ4n) is 9.16. The summed E-state index contributed by atoms with van der Waals surface area (Å²) in [7, 11) is 0. The quantitative estimate of drug-likeness (QED) is 0.145. The summed E-state index contributed by atoms with van der Waals surface area (Å²) in [5.74, 6) is -0.814. The maximum atomic E-state index is 13.6. The molecule has 55 heavy (non-hydrogen) atoms. The molecule has 13 heteroatoms. The van der Waals surface area contributed by atoms with Crippen LogP contribution in [0.1, 0.15) is 97.3 Å². The molecule has 1 N–H and O–H groups in total. The van der Waals surface area contributed by atoms with Gasteiger partial charge in [0.2, 0.25) is 11.8 Å². The second kappa shape index (κ2) is 16.5. The molecule has 12 nitrogen and oxygen atoms in total. The van der Waals surface area contributed by atoms with Crippen LogP contribution in [0.3, 0.4) is 0 Å². The fourth-order valence-corrected chi connectivity index (χ4v) is 10.9. The number of aryl methyl sites for hydroxylation is 1. The number of aromatic nitrogens is 4. The number of amides is 2. The van der Waals surface area contributed by atoms with E-state index in [2.05, 4.69) is 44.3 Å². The number of piperidine rings is 2. The van der Waals surface area contributed by atoms with E-state index in [4.69, 9.17) is 15.0 Å². The van der Waals surface area contributed by atoms with Crippen molar-refractivity contribution in [3.8, 4) is 0 Å². The minimum atomic E-state index is -0.909. The van der Waals surface area contributed by atoms with Gasteiger partial charge in [0, 0.05) is 25.2 Å². The molecule has 2 amide bonds. The molecule has 4 aliphatic rings. The van der Waals surface area contributed by atoms with E-state index in [-0.39, 0.29) is 40.7 Å². The zero-order valence-corrected chi connectivity index (χ0v) is 34.0. The van der Waals surface area contributed by atoms with E-state index >= 15 is 0 Å². The van der Waals surface area contributed by atoms with Gasteiger partial charge in [0.05, 0.1) is 5.92 Å². The van der Waals surface area contributed by atoms with E-state index in [9.17, 15) is 19.2 Å². The molecule has 0 radical (unpaired) electrons. The number of rotatable bonds is 10. The van der Waals surface area contributed by atoms with Crippen LogP contribution in [-0.2, 0) is 16.0 Å². The van der Waals surface area contributed by atoms with Gasteiger partial charge in [0.15, 0.2) is 0 Å². The van der Waals surface area contributed by atoms with Gasteiger partial charge in [-0.1, -0.05) is 12.1 Å². The van der Waals surface area contributed by atoms with Crippen LogP contribution in [-0.4, -0.2) is 115 Å². The number of nitrogens with one attached hydrogen (secondary N) is 1. The average Bonchev–Trinajstić information content (AvgIpc) is 3.72. The summed E-state index contributed by atoms with van der Waals surface area (Å²) in [6.07, 6.45) is 12.1. The first-order chi connectivity index (χ1) is 26.7. The number of imide groups is 1. The predicted octanol–water partition coefficient (Wildman–Crippen LogP) is 2.55. The third kappa shape index (κ3) is 8.18. The second-order valence-electron chi connectivity index (χ2n) is 15.7. The number of carbonyl (C=O) groups excluding carboxylic acids is 3. The van der Waals surface area contributed by atoms with Gasteiger partial charge in [-0.2, -0.15) is 0 Å². The number of anilines is 1. The molecule has 2 atom stereocenters. The molecule has 1 saturated carbocycles. The summed E-state index contributed by atoms with van der Waals surface area (Å²) in [6, 6.07) is 13.3. The average molecular weight is 807 g/mol. The molecule has 1 aromatic carbocycles. The Morgan fingerprint density at radius 1 is 0.891 bits per heavy atom. The number of carbonyl (C=O) groups is 3. The van der Waals surface area contributed by atoms with Crippen LogP contribution in [0, 0.1) is 6.92 Å². The Labute approximate surface area is 328 Å². The summed E-state index contributed by atoms with van der Waals surface area (Å²) in [5, 5.41) is 3.28. The van der Waals surface area contributed by atoms with Crippen molar-refractivity contribution in [2.24, 2.45) is 0 Å². The van der Waals surface area contributed by atoms with Crippen molar-refractivity contribution in [1.29, 1.82) is 0 Å². The molecule has 4 fully saturated rings. The van der Waals surface area contributed by atoms with E-state index in [1.165, 1.54) is 25.3 Å². The number of ketones is 1. The van der Waals surface area contributed by atoms with Gasteiger partial charge in [-0.05, 0) is 24.1 Å². The number of pyridine rings is 2. The summed E-state index contributed by atoms with van der Waals surface area (Å²) in [4.78, 5) is 72.3. The molecule has 1 aliphatic carbocycles. The van der Waals surface area contributed by atoms with Crippen LogP contribution in [0.2, 0.25) is 0 Å². The third-order valence-corrected chi connectivity index (χ3v) is 14.4. The monoisotopic (exact) mass is 806 g/mol. The molecular formula is C42H51AsN8O4. The molecule has 2 unspecified atom stereocenters. The molecular weight excluding hydrogens is 755 g/mol. The third-order valence-electron chi connectivity index (χ3n) is 12.3. The Morgan fingerprint density at radius 2 is 1.67 bits per heavy atom. The fraction of sp³-hybridized carbons (Fsp3) is 0.500. The summed E-state index contributed by atoms with van der Waals surface area (Å²) in [5.41, 5.74) is 4.77. The van der Waals surface area contributed by atoms with Crippen LogP contribution in [0.25, 0.3) is 11.0 Å². The maximum absolute atomic E-state index is 13.6. The van der Waals surface area contributed by atoms with Gasteiger partial charge in [-0.3, -0.25) is 14.9 Å². The minimum absolute atomic E-state index is 0.0700. The number of benzene rings is 1. The molecule has 3 saturated heterocycles. The predicted molar refractivity (Wildman–Crippen MR) is 215 cm³/mol. The Balaban J connectivity index is 0.815. The van der Waals surface area contributed by atoms with Gasteiger partial charge in [-0.15, -0.1) is 0 Å². The Morgan fingerprint density at radius 3 is 2.38 bits per heavy atom. The first-order valence-corrected chi connectivity index (χ1v) is 22.1. The van der Waals surface area contributed by atoms with E-state index < -0.39 is 15.8 Å². The van der Waals surface area contributed by atoms with Gasteiger partial charge in [0.1, 0.15) is 0 Å². The zero-order chi connectivity index (χ0) is 38.1. The van der Waals surface area contributed by atoms with Gasteiger partial charge in [0.25, 0.3) is 0 Å². The molecule has 288 valence electrons. The normalized spacial score (nSPS) is 20.9. The van der Waals surface area contributed by atoms with Crippen LogP contribution in [0.5, 0.6) is 0 Å². The van der Waals surface area contributed by atoms with Crippen molar-refractivity contribution in [2.45, 2.75) is 89.6 Å². The zero-order valence-electron chi connectivity index (χ0n) is 31.9. The van der Waals surface area contributed by atoms with Gasteiger partial charge in [-0.25, -0.2) is 0 Å². The summed E-state index contributed by atoms with van der Waals surface area (Å²) >= 11 is -0.909. The van der Waals surface area contributed by atoms with E-state index in [1.54, 1.807) is 10.8 Å². The molecule has 4 aromatic rings. The molecule has 3 aliphatic heterocycles. The van der Waals surface area contributed by atoms with Crippen molar-refractivity contribution < 1.29 is 14.4 Å². The van der Waals surface area contributed by atoms with Gasteiger partial charge >= 0.3 is 231 Å². The standard InChI is InChI=1S/C42H51AsN8O4/c1-27-35-26-45-42(47-39(35)51(32-7-3-4-8-32)41(55)38(27)28(2)52)43-36-12-10-29(25-44-36)14-17-48-18-15-31(16-19-48)49-20-22-50(23-21-49)33-9-5-6-30(24-33)34-11-13-37(53)46-40(34)54/h5-6,9-10,12,24-26,31-32,34,43H,3-4,7-8,11,13-23H2,1-2H3,(H,46,53,54). The molecule has 8 rings (SSSR count).